The van der Waals surface area contributed by atoms with Crippen molar-refractivity contribution in [2.24, 2.45) is 0 Å². The summed E-state index contributed by atoms with van der Waals surface area (Å²) in [5.74, 6) is -0.379. The molecule has 0 unspecified atom stereocenters. The summed E-state index contributed by atoms with van der Waals surface area (Å²) in [7, 11) is 0. The number of anilines is 1. The molecule has 1 aromatic carbocycles. The highest BCUT2D eigenvalue weighted by Crippen LogP contribution is 2.12. The third-order valence-corrected chi connectivity index (χ3v) is 3.18. The van der Waals surface area contributed by atoms with Gasteiger partial charge in [0, 0.05) is 16.8 Å². The third kappa shape index (κ3) is 2.14. The Balaban J connectivity index is 2.37. The van der Waals surface area contributed by atoms with Gasteiger partial charge < -0.3 is 5.73 Å². The Bertz CT molecular complexity index is 553. The van der Waals surface area contributed by atoms with E-state index in [-0.39, 0.29) is 10.7 Å². The Morgan fingerprint density at radius 3 is 2.75 bits per heavy atom. The molecule has 0 saturated carbocycles. The molecule has 0 spiro atoms. The minimum atomic E-state index is -0.379. The summed E-state index contributed by atoms with van der Waals surface area (Å²) < 4.78 is 14.7. The van der Waals surface area contributed by atoms with Gasteiger partial charge in [-0.2, -0.15) is 0 Å². The Kier molecular flexibility index (Phi) is 2.78. The van der Waals surface area contributed by atoms with Crippen LogP contribution in [0.3, 0.4) is 0 Å². The smallest absolute Gasteiger partial charge is 0.307 e. The molecule has 0 saturated heterocycles. The fraction of sp³-hybridized carbons (Fsp3) is 0.182. The molecule has 0 fully saturated rings. The first-order chi connectivity index (χ1) is 7.56. The monoisotopic (exact) mass is 238 g/mol. The predicted molar refractivity (Wildman–Crippen MR) is 63.2 cm³/mol. The lowest BCUT2D eigenvalue weighted by molar-refractivity contribution is 0.623. The Morgan fingerprint density at radius 1 is 1.44 bits per heavy atom. The summed E-state index contributed by atoms with van der Waals surface area (Å²) in [6.07, 6.45) is 0. The second-order valence-corrected chi connectivity index (χ2v) is 4.44. The number of aromatic nitrogens is 1. The van der Waals surface area contributed by atoms with Crippen LogP contribution < -0.4 is 10.6 Å². The first-order valence-corrected chi connectivity index (χ1v) is 5.64. The minimum absolute atomic E-state index is 0.0414. The zero-order valence-electron chi connectivity index (χ0n) is 8.74. The number of halogens is 1. The van der Waals surface area contributed by atoms with E-state index in [4.69, 9.17) is 5.73 Å². The molecule has 0 bridgehead atoms. The minimum Gasteiger partial charge on any atom is -0.399 e. The lowest BCUT2D eigenvalue weighted by Crippen LogP contribution is -2.15. The zero-order chi connectivity index (χ0) is 11.7. The normalized spacial score (nSPS) is 10.6. The number of hydrogen-bond acceptors (Lipinski definition) is 3. The van der Waals surface area contributed by atoms with E-state index in [1.54, 1.807) is 16.0 Å². The quantitative estimate of drug-likeness (QED) is 0.813. The van der Waals surface area contributed by atoms with Crippen LogP contribution in [0.5, 0.6) is 0 Å². The van der Waals surface area contributed by atoms with Gasteiger partial charge in [0.25, 0.3) is 0 Å². The number of nitrogens with zero attached hydrogens (tertiary/aromatic N) is 1. The van der Waals surface area contributed by atoms with Gasteiger partial charge in [-0.1, -0.05) is 11.3 Å². The van der Waals surface area contributed by atoms with Gasteiger partial charge in [0.05, 0.1) is 6.54 Å². The van der Waals surface area contributed by atoms with Gasteiger partial charge in [-0.3, -0.25) is 9.36 Å². The van der Waals surface area contributed by atoms with E-state index in [9.17, 15) is 9.18 Å². The van der Waals surface area contributed by atoms with Crippen molar-refractivity contribution in [3.63, 3.8) is 0 Å². The van der Waals surface area contributed by atoms with Crippen molar-refractivity contribution in [2.45, 2.75) is 13.5 Å². The van der Waals surface area contributed by atoms with Gasteiger partial charge in [0.15, 0.2) is 0 Å². The highest BCUT2D eigenvalue weighted by Gasteiger charge is 2.05. The predicted octanol–water partition coefficient (Wildman–Crippen LogP) is 1.99. The Labute approximate surface area is 96.0 Å². The van der Waals surface area contributed by atoms with E-state index in [1.165, 1.54) is 12.1 Å². The van der Waals surface area contributed by atoms with E-state index in [0.29, 0.717) is 17.8 Å². The number of nitrogen functional groups attached to an aromatic ring is 1. The number of aryl methyl sites for hydroxylation is 1. The topological polar surface area (TPSA) is 48.0 Å². The summed E-state index contributed by atoms with van der Waals surface area (Å²) >= 11 is 1.14. The molecule has 5 heteroatoms. The highest BCUT2D eigenvalue weighted by molar-refractivity contribution is 7.07. The van der Waals surface area contributed by atoms with E-state index in [0.717, 1.165) is 17.0 Å². The molecule has 84 valence electrons. The maximum Gasteiger partial charge on any atom is 0.307 e. The maximum absolute atomic E-state index is 13.1. The number of nitrogens with two attached hydrogens (primary N) is 1. The van der Waals surface area contributed by atoms with Crippen LogP contribution in [0.25, 0.3) is 0 Å². The first-order valence-electron chi connectivity index (χ1n) is 4.76. The van der Waals surface area contributed by atoms with Gasteiger partial charge in [0.2, 0.25) is 0 Å². The van der Waals surface area contributed by atoms with Crippen LogP contribution in [0.2, 0.25) is 0 Å². The molecule has 1 aromatic heterocycles. The lowest BCUT2D eigenvalue weighted by Gasteiger charge is -2.05. The van der Waals surface area contributed by atoms with Crippen molar-refractivity contribution in [3.8, 4) is 0 Å². The van der Waals surface area contributed by atoms with Crippen molar-refractivity contribution >= 4 is 17.0 Å². The molecular formula is C11H11FN2OS. The molecular weight excluding hydrogens is 227 g/mol. The van der Waals surface area contributed by atoms with E-state index in [2.05, 4.69) is 0 Å². The van der Waals surface area contributed by atoms with E-state index in [1.807, 2.05) is 6.92 Å². The Hall–Kier alpha value is -1.62. The standard InChI is InChI=1S/C11H11FN2OS/c1-7-6-16-11(15)14(7)5-8-2-9(12)4-10(13)3-8/h2-4,6H,5,13H2,1H3. The summed E-state index contributed by atoms with van der Waals surface area (Å²) in [6.45, 7) is 2.21. The van der Waals surface area contributed by atoms with Crippen LogP contribution >= 0.6 is 11.3 Å². The van der Waals surface area contributed by atoms with Crippen molar-refractivity contribution in [2.75, 3.05) is 5.73 Å². The van der Waals surface area contributed by atoms with E-state index < -0.39 is 0 Å². The fourth-order valence-corrected chi connectivity index (χ4v) is 2.28. The number of rotatable bonds is 2. The highest BCUT2D eigenvalue weighted by atomic mass is 32.1. The van der Waals surface area contributed by atoms with Crippen LogP contribution in [0, 0.1) is 12.7 Å². The van der Waals surface area contributed by atoms with Crippen LogP contribution in [-0.2, 0) is 6.54 Å². The molecule has 2 N–H and O–H groups in total. The molecule has 16 heavy (non-hydrogen) atoms. The summed E-state index contributed by atoms with van der Waals surface area (Å²) in [5, 5.41) is 1.78. The number of thiazole rings is 1. The first kappa shape index (κ1) is 10.9. The van der Waals surface area contributed by atoms with Crippen LogP contribution in [0.15, 0.2) is 28.4 Å². The van der Waals surface area contributed by atoms with Crippen molar-refractivity contribution < 1.29 is 4.39 Å². The molecule has 0 atom stereocenters. The molecule has 2 aromatic rings. The van der Waals surface area contributed by atoms with Crippen LogP contribution in [0.4, 0.5) is 10.1 Å². The average molecular weight is 238 g/mol. The van der Waals surface area contributed by atoms with Crippen molar-refractivity contribution in [1.29, 1.82) is 0 Å². The van der Waals surface area contributed by atoms with Gasteiger partial charge >= 0.3 is 4.87 Å². The molecule has 0 radical (unpaired) electrons. The summed E-state index contributed by atoms with van der Waals surface area (Å²) in [4.78, 5) is 11.4. The largest absolute Gasteiger partial charge is 0.399 e. The van der Waals surface area contributed by atoms with Gasteiger partial charge in [-0.25, -0.2) is 4.39 Å². The second-order valence-electron chi connectivity index (χ2n) is 3.62. The molecule has 0 aliphatic rings. The Morgan fingerprint density at radius 2 is 2.19 bits per heavy atom. The second kappa shape index (κ2) is 4.09. The zero-order valence-corrected chi connectivity index (χ0v) is 9.55. The number of benzene rings is 1. The molecule has 3 nitrogen and oxygen atoms in total. The average Bonchev–Trinajstić information content (AvgIpc) is 2.48. The lowest BCUT2D eigenvalue weighted by atomic mass is 10.2. The molecule has 1 heterocycles. The summed E-state index contributed by atoms with van der Waals surface area (Å²) in [6, 6.07) is 4.32. The van der Waals surface area contributed by atoms with Gasteiger partial charge in [0.1, 0.15) is 5.82 Å². The van der Waals surface area contributed by atoms with Crippen LogP contribution in [0.1, 0.15) is 11.3 Å². The molecule has 0 amide bonds. The molecule has 2 rings (SSSR count). The third-order valence-electron chi connectivity index (χ3n) is 2.30. The maximum atomic E-state index is 13.1. The number of hydrogen-bond donors (Lipinski definition) is 1. The van der Waals surface area contributed by atoms with E-state index >= 15 is 0 Å². The SMILES string of the molecule is Cc1csc(=O)n1Cc1cc(N)cc(F)c1. The molecule has 0 aliphatic carbocycles. The van der Waals surface area contributed by atoms with Crippen LogP contribution in [-0.4, -0.2) is 4.57 Å². The van der Waals surface area contributed by atoms with Gasteiger partial charge in [-0.15, -0.1) is 0 Å². The summed E-state index contributed by atoms with van der Waals surface area (Å²) in [5.41, 5.74) is 7.48. The van der Waals surface area contributed by atoms with Crippen molar-refractivity contribution in [1.82, 2.24) is 4.57 Å². The van der Waals surface area contributed by atoms with Crippen molar-refractivity contribution in [3.05, 3.63) is 50.3 Å². The fourth-order valence-electron chi connectivity index (χ4n) is 1.55. The van der Waals surface area contributed by atoms with Gasteiger partial charge in [-0.05, 0) is 30.7 Å². The molecule has 0 aliphatic heterocycles.